The lowest BCUT2D eigenvalue weighted by molar-refractivity contribution is -0.137. The van der Waals surface area contributed by atoms with Crippen molar-refractivity contribution < 1.29 is 22.6 Å². The lowest BCUT2D eigenvalue weighted by atomic mass is 10.1. The number of aromatic amines is 1. The van der Waals surface area contributed by atoms with E-state index >= 15 is 0 Å². The van der Waals surface area contributed by atoms with E-state index in [4.69, 9.17) is 9.47 Å². The molecule has 4 rings (SSSR count). The van der Waals surface area contributed by atoms with Crippen LogP contribution < -0.4 is 15.0 Å². The first-order valence-corrected chi connectivity index (χ1v) is 9.90. The van der Waals surface area contributed by atoms with Crippen molar-refractivity contribution in [3.8, 4) is 22.9 Å². The van der Waals surface area contributed by atoms with Crippen LogP contribution in [-0.2, 0) is 12.8 Å². The van der Waals surface area contributed by atoms with Crippen molar-refractivity contribution in [2.75, 3.05) is 6.61 Å². The molecule has 0 spiro atoms. The lowest BCUT2D eigenvalue weighted by Gasteiger charge is -2.14. The Bertz CT molecular complexity index is 1320. The standard InChI is InChI=1S/C24H19F3N2O3/c1-2-31-21-13-16(22-28-19-9-4-3-8-18(19)23(30)29-22)10-11-20(21)32-14-15-6-5-7-17(12-15)24(25,26)27/h3-13H,2,14H2,1H3,(H,28,29,30). The quantitative estimate of drug-likeness (QED) is 0.425. The second-order valence-corrected chi connectivity index (χ2v) is 7.01. The summed E-state index contributed by atoms with van der Waals surface area (Å²) in [5.74, 6) is 1.14. The van der Waals surface area contributed by atoms with E-state index in [9.17, 15) is 18.0 Å². The second kappa shape index (κ2) is 8.74. The van der Waals surface area contributed by atoms with Crippen molar-refractivity contribution in [3.05, 3.63) is 88.2 Å². The first kappa shape index (κ1) is 21.4. The van der Waals surface area contributed by atoms with Crippen LogP contribution in [0.25, 0.3) is 22.3 Å². The number of alkyl halides is 3. The summed E-state index contributed by atoms with van der Waals surface area (Å²) >= 11 is 0. The number of nitrogens with zero attached hydrogens (tertiary/aromatic N) is 1. The van der Waals surface area contributed by atoms with Crippen LogP contribution in [0, 0.1) is 0 Å². The Morgan fingerprint density at radius 3 is 2.53 bits per heavy atom. The highest BCUT2D eigenvalue weighted by molar-refractivity contribution is 5.79. The zero-order valence-corrected chi connectivity index (χ0v) is 17.1. The molecule has 0 fully saturated rings. The fourth-order valence-corrected chi connectivity index (χ4v) is 3.26. The average Bonchev–Trinajstić information content (AvgIpc) is 2.78. The van der Waals surface area contributed by atoms with Crippen molar-refractivity contribution in [2.45, 2.75) is 19.7 Å². The van der Waals surface area contributed by atoms with E-state index in [0.29, 0.717) is 46.0 Å². The molecule has 1 aromatic heterocycles. The summed E-state index contributed by atoms with van der Waals surface area (Å²) < 4.78 is 50.2. The molecule has 0 amide bonds. The molecule has 0 bridgehead atoms. The number of nitrogens with one attached hydrogen (secondary N) is 1. The van der Waals surface area contributed by atoms with Crippen LogP contribution >= 0.6 is 0 Å². The molecule has 0 saturated carbocycles. The van der Waals surface area contributed by atoms with E-state index in [0.717, 1.165) is 12.1 Å². The van der Waals surface area contributed by atoms with Crippen molar-refractivity contribution in [1.29, 1.82) is 0 Å². The molecular weight excluding hydrogens is 421 g/mol. The van der Waals surface area contributed by atoms with Crippen LogP contribution in [-0.4, -0.2) is 16.6 Å². The number of ether oxygens (including phenoxy) is 2. The van der Waals surface area contributed by atoms with Gasteiger partial charge >= 0.3 is 6.18 Å². The molecule has 0 atom stereocenters. The van der Waals surface area contributed by atoms with Crippen LogP contribution in [0.3, 0.4) is 0 Å². The predicted octanol–water partition coefficient (Wildman–Crippen LogP) is 5.59. The molecule has 3 aromatic carbocycles. The second-order valence-electron chi connectivity index (χ2n) is 7.01. The number of hydrogen-bond donors (Lipinski definition) is 1. The third-order valence-corrected chi connectivity index (χ3v) is 4.78. The smallest absolute Gasteiger partial charge is 0.416 e. The number of fused-ring (bicyclic) bond motifs is 1. The highest BCUT2D eigenvalue weighted by Crippen LogP contribution is 2.33. The van der Waals surface area contributed by atoms with Gasteiger partial charge in [0.15, 0.2) is 11.5 Å². The molecule has 1 heterocycles. The number of H-pyrrole nitrogens is 1. The summed E-state index contributed by atoms with van der Waals surface area (Å²) in [6.07, 6.45) is -4.42. The van der Waals surface area contributed by atoms with Gasteiger partial charge < -0.3 is 14.5 Å². The third kappa shape index (κ3) is 4.59. The average molecular weight is 440 g/mol. The van der Waals surface area contributed by atoms with Crippen LogP contribution in [0.4, 0.5) is 13.2 Å². The van der Waals surface area contributed by atoms with Gasteiger partial charge in [0, 0.05) is 5.56 Å². The Morgan fingerprint density at radius 2 is 1.75 bits per heavy atom. The molecular formula is C24H19F3N2O3. The zero-order valence-electron chi connectivity index (χ0n) is 17.1. The first-order chi connectivity index (χ1) is 15.3. The number of aromatic nitrogens is 2. The molecule has 0 radical (unpaired) electrons. The maximum Gasteiger partial charge on any atom is 0.416 e. The van der Waals surface area contributed by atoms with Gasteiger partial charge in [0.1, 0.15) is 12.4 Å². The summed E-state index contributed by atoms with van der Waals surface area (Å²) in [6.45, 7) is 2.10. The van der Waals surface area contributed by atoms with Crippen LogP contribution in [0.15, 0.2) is 71.5 Å². The van der Waals surface area contributed by atoms with E-state index in [1.165, 1.54) is 6.07 Å². The maximum absolute atomic E-state index is 12.9. The van der Waals surface area contributed by atoms with E-state index in [2.05, 4.69) is 9.97 Å². The lowest BCUT2D eigenvalue weighted by Crippen LogP contribution is -2.09. The van der Waals surface area contributed by atoms with E-state index in [-0.39, 0.29) is 12.2 Å². The van der Waals surface area contributed by atoms with Gasteiger partial charge in [-0.3, -0.25) is 4.79 Å². The monoisotopic (exact) mass is 440 g/mol. The summed E-state index contributed by atoms with van der Waals surface area (Å²) in [4.78, 5) is 19.6. The molecule has 32 heavy (non-hydrogen) atoms. The van der Waals surface area contributed by atoms with E-state index < -0.39 is 11.7 Å². The molecule has 164 valence electrons. The Hall–Kier alpha value is -3.81. The van der Waals surface area contributed by atoms with Gasteiger partial charge in [-0.05, 0) is 55.0 Å². The molecule has 5 nitrogen and oxygen atoms in total. The number of benzene rings is 3. The van der Waals surface area contributed by atoms with Crippen LogP contribution in [0.2, 0.25) is 0 Å². The normalized spacial score (nSPS) is 11.5. The highest BCUT2D eigenvalue weighted by atomic mass is 19.4. The molecule has 0 aliphatic rings. The number of rotatable bonds is 6. The third-order valence-electron chi connectivity index (χ3n) is 4.78. The van der Waals surface area contributed by atoms with Gasteiger partial charge in [0.2, 0.25) is 0 Å². The van der Waals surface area contributed by atoms with Crippen molar-refractivity contribution in [2.24, 2.45) is 0 Å². The molecule has 4 aromatic rings. The molecule has 0 aliphatic heterocycles. The van der Waals surface area contributed by atoms with Gasteiger partial charge in [0.25, 0.3) is 5.56 Å². The Kier molecular flexibility index (Phi) is 5.85. The Labute approximate surface area is 181 Å². The summed E-state index contributed by atoms with van der Waals surface area (Å²) in [5.41, 5.74) is 0.572. The highest BCUT2D eigenvalue weighted by Gasteiger charge is 2.30. The SMILES string of the molecule is CCOc1cc(-c2nc3ccccc3c(=O)[nH]2)ccc1OCc1cccc(C(F)(F)F)c1. The first-order valence-electron chi connectivity index (χ1n) is 9.90. The summed E-state index contributed by atoms with van der Waals surface area (Å²) in [7, 11) is 0. The van der Waals surface area contributed by atoms with Crippen molar-refractivity contribution >= 4 is 10.9 Å². The Morgan fingerprint density at radius 1 is 0.938 bits per heavy atom. The van der Waals surface area contributed by atoms with E-state index in [1.807, 2.05) is 0 Å². The maximum atomic E-state index is 12.9. The van der Waals surface area contributed by atoms with Gasteiger partial charge in [0.05, 0.1) is 23.1 Å². The predicted molar refractivity (Wildman–Crippen MR) is 115 cm³/mol. The fourth-order valence-electron chi connectivity index (χ4n) is 3.26. The summed E-state index contributed by atoms with van der Waals surface area (Å²) in [5, 5.41) is 0.488. The van der Waals surface area contributed by atoms with Gasteiger partial charge in [-0.2, -0.15) is 13.2 Å². The minimum Gasteiger partial charge on any atom is -0.490 e. The molecule has 1 N–H and O–H groups in total. The molecule has 0 saturated heterocycles. The fraction of sp³-hybridized carbons (Fsp3) is 0.167. The molecule has 8 heteroatoms. The van der Waals surface area contributed by atoms with E-state index in [1.54, 1.807) is 55.5 Å². The summed E-state index contributed by atoms with van der Waals surface area (Å²) in [6, 6.07) is 17.0. The van der Waals surface area contributed by atoms with Crippen LogP contribution in [0.1, 0.15) is 18.1 Å². The van der Waals surface area contributed by atoms with Crippen molar-refractivity contribution in [1.82, 2.24) is 9.97 Å². The van der Waals surface area contributed by atoms with Gasteiger partial charge in [-0.25, -0.2) is 4.98 Å². The minimum atomic E-state index is -4.42. The van der Waals surface area contributed by atoms with Crippen LogP contribution in [0.5, 0.6) is 11.5 Å². The van der Waals surface area contributed by atoms with Gasteiger partial charge in [-0.1, -0.05) is 24.3 Å². The molecule has 0 unspecified atom stereocenters. The molecule has 0 aliphatic carbocycles. The zero-order chi connectivity index (χ0) is 22.7. The number of hydrogen-bond acceptors (Lipinski definition) is 4. The largest absolute Gasteiger partial charge is 0.490 e. The van der Waals surface area contributed by atoms with Gasteiger partial charge in [-0.15, -0.1) is 0 Å². The minimum absolute atomic E-state index is 0.0611. The number of halogens is 3. The topological polar surface area (TPSA) is 64.2 Å². The Balaban J connectivity index is 1.62. The van der Waals surface area contributed by atoms with Crippen molar-refractivity contribution in [3.63, 3.8) is 0 Å². The number of para-hydroxylation sites is 1.